The number of benzene rings is 1. The highest BCUT2D eigenvalue weighted by atomic mass is 16.5. The molecule has 3 amide bonds. The zero-order valence-electron chi connectivity index (χ0n) is 22.2. The van der Waals surface area contributed by atoms with Crippen LogP contribution in [0.2, 0.25) is 0 Å². The Kier molecular flexibility index (Phi) is 14.6. The van der Waals surface area contributed by atoms with Crippen LogP contribution in [0.15, 0.2) is 36.4 Å². The quantitative estimate of drug-likeness (QED) is 0.141. The number of nitrogens with zero attached hydrogens (tertiary/aromatic N) is 1. The second kappa shape index (κ2) is 16.8. The van der Waals surface area contributed by atoms with Crippen LogP contribution in [-0.4, -0.2) is 47.1 Å². The third kappa shape index (κ3) is 11.3. The van der Waals surface area contributed by atoms with Crippen LogP contribution in [0.4, 0.5) is 0 Å². The largest absolute Gasteiger partial charge is 0.330 e. The molecule has 36 heavy (non-hydrogen) atoms. The van der Waals surface area contributed by atoms with Gasteiger partial charge >= 0.3 is 0 Å². The molecular formula is C27H45N5O4. The maximum absolute atomic E-state index is 13.5. The topological polar surface area (TPSA) is 151 Å². The van der Waals surface area contributed by atoms with Crippen molar-refractivity contribution in [3.05, 3.63) is 42.0 Å². The Morgan fingerprint density at radius 2 is 1.67 bits per heavy atom. The Bertz CT molecular complexity index is 829. The summed E-state index contributed by atoms with van der Waals surface area (Å²) in [4.78, 5) is 39.2. The van der Waals surface area contributed by atoms with Gasteiger partial charge in [0, 0.05) is 6.54 Å². The summed E-state index contributed by atoms with van der Waals surface area (Å²) in [6, 6.07) is 8.84. The van der Waals surface area contributed by atoms with Crippen LogP contribution in [0.5, 0.6) is 0 Å². The van der Waals surface area contributed by atoms with Gasteiger partial charge in [0.25, 0.3) is 5.91 Å². The highest BCUT2D eigenvalue weighted by Gasteiger charge is 2.35. The number of nitrogens with two attached hydrogens (primary N) is 2. The van der Waals surface area contributed by atoms with Crippen molar-refractivity contribution in [1.82, 2.24) is 15.9 Å². The van der Waals surface area contributed by atoms with E-state index in [1.807, 2.05) is 70.2 Å². The number of carbonyl (C=O) groups is 3. The predicted molar refractivity (Wildman–Crippen MR) is 142 cm³/mol. The minimum Gasteiger partial charge on any atom is -0.330 e. The molecule has 0 aromatic heterocycles. The minimum atomic E-state index is -0.827. The first kappa shape index (κ1) is 31.3. The Morgan fingerprint density at radius 3 is 2.22 bits per heavy atom. The molecule has 0 spiro atoms. The van der Waals surface area contributed by atoms with Gasteiger partial charge in [-0.2, -0.15) is 0 Å². The van der Waals surface area contributed by atoms with E-state index >= 15 is 0 Å². The van der Waals surface area contributed by atoms with Crippen molar-refractivity contribution < 1.29 is 19.6 Å². The molecule has 0 heterocycles. The van der Waals surface area contributed by atoms with Gasteiger partial charge in [-0.25, -0.2) is 5.48 Å². The van der Waals surface area contributed by atoms with E-state index in [4.69, 9.17) is 11.5 Å². The minimum absolute atomic E-state index is 0.0828. The highest BCUT2D eigenvalue weighted by molar-refractivity contribution is 5.89. The van der Waals surface area contributed by atoms with Crippen LogP contribution in [0.3, 0.4) is 0 Å². The molecule has 0 aliphatic heterocycles. The Balaban J connectivity index is 3.12. The molecule has 0 unspecified atom stereocenters. The molecule has 1 aromatic rings. The number of unbranched alkanes of at least 4 members (excludes halogenated alkanes) is 1. The molecule has 0 saturated heterocycles. The van der Waals surface area contributed by atoms with E-state index in [1.54, 1.807) is 5.48 Å². The lowest BCUT2D eigenvalue weighted by Crippen LogP contribution is -2.56. The smallest absolute Gasteiger partial charge is 0.257 e. The standard InChI is InChI=1S/C27H45N5O4/c1-19(2)17-23(22(26(34)31-36)14-10-13-21-11-6-5-7-12-21)25(33)30-32(18-20(3)4)27(35)24(29)15-8-9-16-28/h5-7,10-13,19-20,22-24,36H,8-9,14-18,28-29H2,1-4H3,(H,30,33)(H,31,34)/b13-10+/t22-,23+,24+/m0/s1. The van der Waals surface area contributed by atoms with Gasteiger partial charge in [0.05, 0.1) is 17.9 Å². The number of allylic oxidation sites excluding steroid dienone is 1. The van der Waals surface area contributed by atoms with Crippen molar-refractivity contribution in [3.8, 4) is 0 Å². The summed E-state index contributed by atoms with van der Waals surface area (Å²) < 4.78 is 0. The first-order chi connectivity index (χ1) is 17.1. The first-order valence-electron chi connectivity index (χ1n) is 12.8. The molecule has 9 nitrogen and oxygen atoms in total. The van der Waals surface area contributed by atoms with Gasteiger partial charge in [-0.15, -0.1) is 0 Å². The fraction of sp³-hybridized carbons (Fsp3) is 0.593. The molecule has 202 valence electrons. The van der Waals surface area contributed by atoms with Crippen molar-refractivity contribution >= 4 is 23.8 Å². The molecule has 1 rings (SSSR count). The lowest BCUT2D eigenvalue weighted by atomic mass is 9.82. The Morgan fingerprint density at radius 1 is 1.00 bits per heavy atom. The van der Waals surface area contributed by atoms with Crippen molar-refractivity contribution in [2.75, 3.05) is 13.1 Å². The normalized spacial score (nSPS) is 14.0. The van der Waals surface area contributed by atoms with Gasteiger partial charge in [-0.05, 0) is 49.6 Å². The zero-order valence-corrected chi connectivity index (χ0v) is 22.2. The van der Waals surface area contributed by atoms with E-state index in [0.717, 1.165) is 18.4 Å². The number of carbonyl (C=O) groups excluding carboxylic acids is 3. The molecule has 7 N–H and O–H groups in total. The molecule has 0 saturated carbocycles. The van der Waals surface area contributed by atoms with Gasteiger partial charge in [0.2, 0.25) is 11.8 Å². The molecular weight excluding hydrogens is 458 g/mol. The van der Waals surface area contributed by atoms with E-state index in [9.17, 15) is 19.6 Å². The SMILES string of the molecule is CC(C)C[C@@H](C(=O)NN(CC(C)C)C(=O)[C@H](N)CCCCN)[C@H](C/C=C/c1ccccc1)C(=O)NO. The van der Waals surface area contributed by atoms with Crippen LogP contribution < -0.4 is 22.4 Å². The third-order valence-corrected chi connectivity index (χ3v) is 5.84. The lowest BCUT2D eigenvalue weighted by Gasteiger charge is -2.31. The molecule has 0 aliphatic carbocycles. The molecule has 9 heteroatoms. The molecule has 0 radical (unpaired) electrons. The van der Waals surface area contributed by atoms with Crippen LogP contribution in [0.1, 0.15) is 65.4 Å². The molecule has 0 aliphatic rings. The average molecular weight is 504 g/mol. The van der Waals surface area contributed by atoms with Crippen LogP contribution in [0.25, 0.3) is 6.08 Å². The fourth-order valence-electron chi connectivity index (χ4n) is 4.02. The number of hydrazine groups is 1. The van der Waals surface area contributed by atoms with Gasteiger partial charge in [-0.1, -0.05) is 76.6 Å². The van der Waals surface area contributed by atoms with E-state index in [2.05, 4.69) is 5.43 Å². The summed E-state index contributed by atoms with van der Waals surface area (Å²) >= 11 is 0. The molecule has 3 atom stereocenters. The number of nitrogens with one attached hydrogen (secondary N) is 2. The Labute approximate surface area is 215 Å². The number of amides is 3. The molecule has 0 bridgehead atoms. The number of hydrogen-bond donors (Lipinski definition) is 5. The van der Waals surface area contributed by atoms with Crippen LogP contribution in [0, 0.1) is 23.7 Å². The third-order valence-electron chi connectivity index (χ3n) is 5.84. The number of hydroxylamine groups is 1. The van der Waals surface area contributed by atoms with Crippen LogP contribution >= 0.6 is 0 Å². The summed E-state index contributed by atoms with van der Waals surface area (Å²) in [5.41, 5.74) is 17.1. The van der Waals surface area contributed by atoms with Crippen molar-refractivity contribution in [1.29, 1.82) is 0 Å². The first-order valence-corrected chi connectivity index (χ1v) is 12.8. The van der Waals surface area contributed by atoms with E-state index in [1.165, 1.54) is 5.01 Å². The Hall–Kier alpha value is -2.75. The van der Waals surface area contributed by atoms with Gasteiger partial charge in [0.15, 0.2) is 0 Å². The number of hydrogen-bond acceptors (Lipinski definition) is 6. The summed E-state index contributed by atoms with van der Waals surface area (Å²) in [6.45, 7) is 8.60. The van der Waals surface area contributed by atoms with Gasteiger partial charge in [-0.3, -0.25) is 30.0 Å². The average Bonchev–Trinajstić information content (AvgIpc) is 2.84. The predicted octanol–water partition coefficient (Wildman–Crippen LogP) is 2.85. The van der Waals surface area contributed by atoms with E-state index in [0.29, 0.717) is 19.4 Å². The summed E-state index contributed by atoms with van der Waals surface area (Å²) in [6.07, 6.45) is 6.28. The lowest BCUT2D eigenvalue weighted by molar-refractivity contribution is -0.148. The van der Waals surface area contributed by atoms with Gasteiger partial charge < -0.3 is 11.5 Å². The monoisotopic (exact) mass is 503 g/mol. The van der Waals surface area contributed by atoms with Crippen molar-refractivity contribution in [2.24, 2.45) is 35.1 Å². The maximum Gasteiger partial charge on any atom is 0.257 e. The van der Waals surface area contributed by atoms with Gasteiger partial charge in [0.1, 0.15) is 0 Å². The van der Waals surface area contributed by atoms with Crippen LogP contribution in [-0.2, 0) is 14.4 Å². The molecule has 0 fully saturated rings. The summed E-state index contributed by atoms with van der Waals surface area (Å²) in [7, 11) is 0. The van der Waals surface area contributed by atoms with Crippen molar-refractivity contribution in [2.45, 2.75) is 65.8 Å². The highest BCUT2D eigenvalue weighted by Crippen LogP contribution is 2.26. The van der Waals surface area contributed by atoms with Crippen molar-refractivity contribution in [3.63, 3.8) is 0 Å². The fourth-order valence-corrected chi connectivity index (χ4v) is 4.02. The maximum atomic E-state index is 13.5. The second-order valence-corrected chi connectivity index (χ2v) is 10.1. The molecule has 1 aromatic carbocycles. The summed E-state index contributed by atoms with van der Waals surface area (Å²) in [5, 5.41) is 10.7. The van der Waals surface area contributed by atoms with E-state index in [-0.39, 0.29) is 30.7 Å². The van der Waals surface area contributed by atoms with E-state index < -0.39 is 29.7 Å². The second-order valence-electron chi connectivity index (χ2n) is 10.1. The zero-order chi connectivity index (χ0) is 27.1. The summed E-state index contributed by atoms with van der Waals surface area (Å²) in [5.74, 6) is -2.88. The number of rotatable bonds is 15.